The van der Waals surface area contributed by atoms with Gasteiger partial charge in [0, 0.05) is 29.2 Å². The Morgan fingerprint density at radius 1 is 0.966 bits per heavy atom. The second kappa shape index (κ2) is 8.05. The highest BCUT2D eigenvalue weighted by atomic mass is 16.6. The van der Waals surface area contributed by atoms with Crippen molar-refractivity contribution in [2.45, 2.75) is 6.92 Å². The van der Waals surface area contributed by atoms with Crippen LogP contribution in [0.25, 0.3) is 0 Å². The molecular weight excluding hydrogens is 372 g/mol. The van der Waals surface area contributed by atoms with Crippen LogP contribution in [0, 0.1) is 6.92 Å². The van der Waals surface area contributed by atoms with Crippen LogP contribution < -0.4 is 20.1 Å². The first-order valence-electron chi connectivity index (χ1n) is 9.08. The minimum atomic E-state index is -0.403. The van der Waals surface area contributed by atoms with E-state index in [0.29, 0.717) is 42.0 Å². The second-order valence-electron chi connectivity index (χ2n) is 6.40. The fourth-order valence-corrected chi connectivity index (χ4v) is 2.93. The zero-order valence-electron chi connectivity index (χ0n) is 16.1. The summed E-state index contributed by atoms with van der Waals surface area (Å²) in [5, 5.41) is 6.38. The first-order chi connectivity index (χ1) is 14.1. The molecule has 1 aromatic heterocycles. The van der Waals surface area contributed by atoms with Gasteiger partial charge in [0.2, 0.25) is 5.95 Å². The minimum absolute atomic E-state index is 0.403. The number of nitrogens with zero attached hydrogens (tertiary/aromatic N) is 2. The third-order valence-corrected chi connectivity index (χ3v) is 4.21. The Morgan fingerprint density at radius 2 is 1.76 bits per heavy atom. The molecule has 0 amide bonds. The van der Waals surface area contributed by atoms with E-state index in [0.717, 1.165) is 17.1 Å². The lowest BCUT2D eigenvalue weighted by atomic mass is 10.2. The monoisotopic (exact) mass is 392 g/mol. The first kappa shape index (κ1) is 18.5. The first-order valence-corrected chi connectivity index (χ1v) is 9.08. The zero-order chi connectivity index (χ0) is 20.2. The molecule has 0 unspecified atom stereocenters. The molecule has 0 aliphatic carbocycles. The van der Waals surface area contributed by atoms with E-state index in [4.69, 9.17) is 14.2 Å². The lowest BCUT2D eigenvalue weighted by Gasteiger charge is -2.19. The molecule has 0 saturated heterocycles. The predicted octanol–water partition coefficient (Wildman–Crippen LogP) is 3.83. The average molecular weight is 392 g/mol. The van der Waals surface area contributed by atoms with E-state index in [2.05, 4.69) is 20.6 Å². The molecule has 8 heteroatoms. The predicted molar refractivity (Wildman–Crippen MR) is 109 cm³/mol. The Morgan fingerprint density at radius 3 is 2.59 bits per heavy atom. The van der Waals surface area contributed by atoms with E-state index in [1.165, 1.54) is 7.11 Å². The third-order valence-electron chi connectivity index (χ3n) is 4.21. The fraction of sp³-hybridized carbons (Fsp3) is 0.190. The number of aryl methyl sites for hydroxylation is 1. The van der Waals surface area contributed by atoms with Crippen molar-refractivity contribution >= 4 is 29.1 Å². The molecule has 3 aromatic rings. The highest BCUT2D eigenvalue weighted by Crippen LogP contribution is 2.33. The van der Waals surface area contributed by atoms with Crippen LogP contribution in [0.4, 0.5) is 23.1 Å². The van der Waals surface area contributed by atoms with Crippen LogP contribution in [0.5, 0.6) is 11.5 Å². The summed E-state index contributed by atoms with van der Waals surface area (Å²) in [6.45, 7) is 2.96. The number of aromatic nitrogens is 2. The van der Waals surface area contributed by atoms with E-state index < -0.39 is 5.97 Å². The molecule has 8 nitrogen and oxygen atoms in total. The molecule has 2 heterocycles. The van der Waals surface area contributed by atoms with Crippen molar-refractivity contribution in [3.05, 3.63) is 59.8 Å². The number of rotatable bonds is 5. The van der Waals surface area contributed by atoms with Gasteiger partial charge in [-0.15, -0.1) is 0 Å². The molecule has 0 saturated carbocycles. The lowest BCUT2D eigenvalue weighted by Crippen LogP contribution is -2.15. The number of carbonyl (C=O) groups excluding carboxylic acids is 1. The van der Waals surface area contributed by atoms with Crippen LogP contribution in [0.15, 0.2) is 48.5 Å². The maximum absolute atomic E-state index is 11.7. The Kier molecular flexibility index (Phi) is 5.15. The van der Waals surface area contributed by atoms with Gasteiger partial charge in [0.15, 0.2) is 11.5 Å². The molecule has 1 aliphatic rings. The summed E-state index contributed by atoms with van der Waals surface area (Å²) >= 11 is 0. The number of fused-ring (bicyclic) bond motifs is 1. The van der Waals surface area contributed by atoms with Crippen LogP contribution >= 0.6 is 0 Å². The molecule has 0 spiro atoms. The van der Waals surface area contributed by atoms with Crippen LogP contribution in [-0.2, 0) is 4.74 Å². The highest BCUT2D eigenvalue weighted by Gasteiger charge is 2.12. The topological polar surface area (TPSA) is 94.6 Å². The van der Waals surface area contributed by atoms with Crippen molar-refractivity contribution in [3.63, 3.8) is 0 Å². The minimum Gasteiger partial charge on any atom is -0.486 e. The van der Waals surface area contributed by atoms with Gasteiger partial charge in [-0.05, 0) is 37.3 Å². The van der Waals surface area contributed by atoms with Gasteiger partial charge in [0.05, 0.1) is 12.7 Å². The molecule has 0 atom stereocenters. The zero-order valence-corrected chi connectivity index (χ0v) is 16.1. The van der Waals surface area contributed by atoms with Crippen LogP contribution in [0.1, 0.15) is 16.1 Å². The molecular formula is C21H20N4O4. The molecule has 2 aromatic carbocycles. The maximum Gasteiger partial charge on any atom is 0.337 e. The lowest BCUT2D eigenvalue weighted by molar-refractivity contribution is 0.0601. The van der Waals surface area contributed by atoms with E-state index in [-0.39, 0.29) is 0 Å². The summed E-state index contributed by atoms with van der Waals surface area (Å²) in [6.07, 6.45) is 0. The summed E-state index contributed by atoms with van der Waals surface area (Å²) in [4.78, 5) is 20.6. The summed E-state index contributed by atoms with van der Waals surface area (Å²) in [5.41, 5.74) is 2.74. The molecule has 148 valence electrons. The maximum atomic E-state index is 11.7. The molecule has 1 aliphatic heterocycles. The number of nitrogens with one attached hydrogen (secondary N) is 2. The van der Waals surface area contributed by atoms with Crippen molar-refractivity contribution in [3.8, 4) is 11.5 Å². The summed E-state index contributed by atoms with van der Waals surface area (Å²) in [6, 6.07) is 14.4. The van der Waals surface area contributed by atoms with Gasteiger partial charge >= 0.3 is 5.97 Å². The van der Waals surface area contributed by atoms with Gasteiger partial charge < -0.3 is 24.8 Å². The van der Waals surface area contributed by atoms with Crippen LogP contribution in [0.2, 0.25) is 0 Å². The number of ether oxygens (including phenoxy) is 3. The quantitative estimate of drug-likeness (QED) is 0.633. The van der Waals surface area contributed by atoms with Crippen molar-refractivity contribution in [1.82, 2.24) is 9.97 Å². The molecule has 0 radical (unpaired) electrons. The summed E-state index contributed by atoms with van der Waals surface area (Å²) in [7, 11) is 1.35. The van der Waals surface area contributed by atoms with Crippen molar-refractivity contribution in [1.29, 1.82) is 0 Å². The van der Waals surface area contributed by atoms with Crippen molar-refractivity contribution in [2.24, 2.45) is 0 Å². The van der Waals surface area contributed by atoms with Gasteiger partial charge in [-0.1, -0.05) is 6.07 Å². The number of anilines is 4. The van der Waals surface area contributed by atoms with Gasteiger partial charge in [0.25, 0.3) is 0 Å². The Bertz CT molecular complexity index is 1050. The summed E-state index contributed by atoms with van der Waals surface area (Å²) < 4.78 is 15.9. The number of methoxy groups -OCH3 is 1. The number of benzene rings is 2. The largest absolute Gasteiger partial charge is 0.486 e. The Labute approximate surface area is 167 Å². The van der Waals surface area contributed by atoms with E-state index in [1.807, 2.05) is 37.3 Å². The number of carbonyl (C=O) groups is 1. The SMILES string of the molecule is COC(=O)c1cccc(Nc2nc(C)cc(Nc3ccc4c(c3)OCCO4)n2)c1. The standard InChI is InChI=1S/C21H20N4O4/c1-13-10-19(23-16-6-7-17-18(12-16)29-9-8-28-17)25-21(22-13)24-15-5-3-4-14(11-15)20(26)27-2/h3-7,10-12H,8-9H2,1-2H3,(H2,22,23,24,25). The van der Waals surface area contributed by atoms with Crippen molar-refractivity contribution in [2.75, 3.05) is 31.0 Å². The smallest absolute Gasteiger partial charge is 0.337 e. The highest BCUT2D eigenvalue weighted by molar-refractivity contribution is 5.90. The molecule has 29 heavy (non-hydrogen) atoms. The number of hydrogen-bond donors (Lipinski definition) is 2. The Balaban J connectivity index is 1.54. The molecule has 0 bridgehead atoms. The van der Waals surface area contributed by atoms with Gasteiger partial charge in [-0.3, -0.25) is 0 Å². The average Bonchev–Trinajstić information content (AvgIpc) is 2.73. The normalized spacial score (nSPS) is 12.2. The molecule has 0 fully saturated rings. The Hall–Kier alpha value is -3.81. The fourth-order valence-electron chi connectivity index (χ4n) is 2.93. The van der Waals surface area contributed by atoms with E-state index in [9.17, 15) is 4.79 Å². The van der Waals surface area contributed by atoms with Crippen LogP contribution in [-0.4, -0.2) is 36.3 Å². The molecule has 4 rings (SSSR count). The van der Waals surface area contributed by atoms with Crippen molar-refractivity contribution < 1.29 is 19.0 Å². The van der Waals surface area contributed by atoms with Gasteiger partial charge in [-0.25, -0.2) is 9.78 Å². The van der Waals surface area contributed by atoms with Crippen LogP contribution in [0.3, 0.4) is 0 Å². The second-order valence-corrected chi connectivity index (χ2v) is 6.40. The number of hydrogen-bond acceptors (Lipinski definition) is 8. The van der Waals surface area contributed by atoms with Gasteiger partial charge in [-0.2, -0.15) is 4.98 Å². The molecule has 2 N–H and O–H groups in total. The number of esters is 1. The van der Waals surface area contributed by atoms with Gasteiger partial charge in [0.1, 0.15) is 19.0 Å². The summed E-state index contributed by atoms with van der Waals surface area (Å²) in [5.74, 6) is 2.06. The van der Waals surface area contributed by atoms with E-state index >= 15 is 0 Å². The third kappa shape index (κ3) is 4.37. The van der Waals surface area contributed by atoms with E-state index in [1.54, 1.807) is 18.2 Å².